The summed E-state index contributed by atoms with van der Waals surface area (Å²) in [6.07, 6.45) is 3.79. The van der Waals surface area contributed by atoms with Crippen molar-refractivity contribution < 1.29 is 13.2 Å². The Morgan fingerprint density at radius 3 is 2.68 bits per heavy atom. The van der Waals surface area contributed by atoms with Gasteiger partial charge in [-0.1, -0.05) is 12.1 Å². The van der Waals surface area contributed by atoms with Gasteiger partial charge in [-0.15, -0.1) is 5.10 Å². The molecule has 1 atom stereocenters. The Labute approximate surface area is 148 Å². The van der Waals surface area contributed by atoms with Gasteiger partial charge in [-0.25, -0.2) is 0 Å². The van der Waals surface area contributed by atoms with Crippen molar-refractivity contribution in [1.82, 2.24) is 15.5 Å². The number of halogens is 3. The molecule has 2 aromatic rings. The second-order valence-corrected chi connectivity index (χ2v) is 7.08. The average molecular weight is 368 g/mol. The average Bonchev–Trinajstić information content (AvgIpc) is 2.61. The number of thioether (sulfide) groups is 1. The lowest BCUT2D eigenvalue weighted by atomic mass is 10.1. The monoisotopic (exact) mass is 368 g/mol. The van der Waals surface area contributed by atoms with Crippen LogP contribution >= 0.6 is 11.8 Å². The quantitative estimate of drug-likeness (QED) is 0.812. The lowest BCUT2D eigenvalue weighted by molar-refractivity contribution is -0.0328. The minimum absolute atomic E-state index is 0.0864. The Kier molecular flexibility index (Phi) is 5.80. The van der Waals surface area contributed by atoms with E-state index in [-0.39, 0.29) is 16.7 Å². The van der Waals surface area contributed by atoms with Gasteiger partial charge in [0.15, 0.2) is 5.82 Å². The van der Waals surface area contributed by atoms with Crippen LogP contribution in [0.5, 0.6) is 0 Å². The van der Waals surface area contributed by atoms with Crippen molar-refractivity contribution in [1.29, 1.82) is 0 Å². The predicted octanol–water partition coefficient (Wildman–Crippen LogP) is 3.85. The number of anilines is 1. The molecule has 0 bridgehead atoms. The maximum absolute atomic E-state index is 12.3. The summed E-state index contributed by atoms with van der Waals surface area (Å²) >= 11 is -0.0864. The lowest BCUT2D eigenvalue weighted by Gasteiger charge is -2.33. The minimum Gasteiger partial charge on any atom is -0.354 e. The summed E-state index contributed by atoms with van der Waals surface area (Å²) in [5.74, 6) is 0.877. The molecule has 1 saturated heterocycles. The van der Waals surface area contributed by atoms with E-state index in [9.17, 15) is 13.2 Å². The summed E-state index contributed by atoms with van der Waals surface area (Å²) in [5, 5.41) is 11.6. The second kappa shape index (κ2) is 8.05. The van der Waals surface area contributed by atoms with E-state index in [1.54, 1.807) is 18.3 Å². The molecule has 2 heterocycles. The zero-order chi connectivity index (χ0) is 17.7. The van der Waals surface area contributed by atoms with E-state index in [0.29, 0.717) is 12.6 Å². The molecule has 8 heteroatoms. The molecule has 25 heavy (non-hydrogen) atoms. The highest BCUT2D eigenvalue weighted by atomic mass is 32.2. The topological polar surface area (TPSA) is 41.0 Å². The Bertz CT molecular complexity index is 664. The highest BCUT2D eigenvalue weighted by Crippen LogP contribution is 2.36. The van der Waals surface area contributed by atoms with Crippen molar-refractivity contribution in [2.24, 2.45) is 0 Å². The number of alkyl halides is 3. The summed E-state index contributed by atoms with van der Waals surface area (Å²) < 4.78 is 37.0. The molecule has 1 aromatic heterocycles. The third-order valence-corrected chi connectivity index (χ3v) is 4.79. The first-order valence-corrected chi connectivity index (χ1v) is 8.92. The van der Waals surface area contributed by atoms with Gasteiger partial charge in [0, 0.05) is 36.8 Å². The van der Waals surface area contributed by atoms with Crippen LogP contribution in [-0.2, 0) is 6.54 Å². The van der Waals surface area contributed by atoms with Crippen LogP contribution in [0.3, 0.4) is 0 Å². The normalized spacial score (nSPS) is 18.4. The molecule has 3 rings (SSSR count). The van der Waals surface area contributed by atoms with Crippen molar-refractivity contribution >= 4 is 17.6 Å². The molecule has 1 fully saturated rings. The molecular weight excluding hydrogens is 349 g/mol. The molecule has 0 saturated carbocycles. The number of nitrogens with zero attached hydrogens (tertiary/aromatic N) is 3. The molecule has 0 radical (unpaired) electrons. The number of rotatable bonds is 5. The number of hydrogen-bond donors (Lipinski definition) is 1. The molecule has 0 spiro atoms. The molecule has 1 aliphatic rings. The van der Waals surface area contributed by atoms with E-state index in [0.717, 1.165) is 37.3 Å². The number of aromatic nitrogens is 2. The molecule has 0 amide bonds. The van der Waals surface area contributed by atoms with Gasteiger partial charge < -0.3 is 10.2 Å². The van der Waals surface area contributed by atoms with Crippen molar-refractivity contribution in [2.75, 3.05) is 18.0 Å². The van der Waals surface area contributed by atoms with E-state index in [2.05, 4.69) is 20.4 Å². The van der Waals surface area contributed by atoms with Crippen LogP contribution in [0, 0.1) is 0 Å². The van der Waals surface area contributed by atoms with Crippen molar-refractivity contribution in [3.05, 3.63) is 48.2 Å². The van der Waals surface area contributed by atoms with Gasteiger partial charge in [0.05, 0.1) is 0 Å². The summed E-state index contributed by atoms with van der Waals surface area (Å²) in [6, 6.07) is 10.7. The Hall–Kier alpha value is -1.80. The van der Waals surface area contributed by atoms with E-state index < -0.39 is 5.51 Å². The fraction of sp³-hybridized carbons (Fsp3) is 0.412. The third-order valence-electron chi connectivity index (χ3n) is 4.06. The summed E-state index contributed by atoms with van der Waals surface area (Å²) in [6.45, 7) is 2.44. The van der Waals surface area contributed by atoms with Crippen molar-refractivity contribution in [3.8, 4) is 0 Å². The molecular formula is C17H19F3N4S. The first-order chi connectivity index (χ1) is 12.0. The lowest BCUT2D eigenvalue weighted by Crippen LogP contribution is -2.45. The van der Waals surface area contributed by atoms with Crippen LogP contribution in [0.4, 0.5) is 19.0 Å². The van der Waals surface area contributed by atoms with E-state index >= 15 is 0 Å². The van der Waals surface area contributed by atoms with Gasteiger partial charge in [-0.05, 0) is 54.4 Å². The van der Waals surface area contributed by atoms with Gasteiger partial charge in [-0.2, -0.15) is 18.3 Å². The number of hydrogen-bond acceptors (Lipinski definition) is 5. The molecule has 1 aromatic carbocycles. The molecule has 1 aliphatic heterocycles. The fourth-order valence-electron chi connectivity index (χ4n) is 2.89. The third kappa shape index (κ3) is 5.61. The molecule has 0 aliphatic carbocycles. The van der Waals surface area contributed by atoms with E-state index in [1.807, 2.05) is 12.1 Å². The van der Waals surface area contributed by atoms with E-state index in [4.69, 9.17) is 0 Å². The van der Waals surface area contributed by atoms with Crippen LogP contribution in [0.2, 0.25) is 0 Å². The van der Waals surface area contributed by atoms with Crippen LogP contribution in [0.1, 0.15) is 18.4 Å². The highest BCUT2D eigenvalue weighted by Gasteiger charge is 2.29. The van der Waals surface area contributed by atoms with Crippen LogP contribution in [0.15, 0.2) is 47.5 Å². The van der Waals surface area contributed by atoms with Crippen molar-refractivity contribution in [3.63, 3.8) is 0 Å². The number of nitrogens with one attached hydrogen (secondary N) is 1. The van der Waals surface area contributed by atoms with E-state index in [1.165, 1.54) is 12.1 Å². The predicted molar refractivity (Wildman–Crippen MR) is 92.5 cm³/mol. The molecule has 134 valence electrons. The standard InChI is InChI=1S/C17H19F3N4S/c18-17(19,20)25-15-7-5-13(6-8-15)11-21-14-3-2-10-24(12-14)16-4-1-9-22-23-16/h1,4-9,14,21H,2-3,10-12H2. The van der Waals surface area contributed by atoms with Gasteiger partial charge in [0.25, 0.3) is 0 Å². The van der Waals surface area contributed by atoms with Crippen LogP contribution in [-0.4, -0.2) is 34.8 Å². The zero-order valence-corrected chi connectivity index (χ0v) is 14.4. The van der Waals surface area contributed by atoms with Crippen LogP contribution < -0.4 is 10.2 Å². The van der Waals surface area contributed by atoms with Gasteiger partial charge in [0.1, 0.15) is 0 Å². The van der Waals surface area contributed by atoms with Gasteiger partial charge in [0.2, 0.25) is 0 Å². The summed E-state index contributed by atoms with van der Waals surface area (Å²) in [7, 11) is 0. The Morgan fingerprint density at radius 2 is 2.00 bits per heavy atom. The zero-order valence-electron chi connectivity index (χ0n) is 13.5. The Morgan fingerprint density at radius 1 is 1.20 bits per heavy atom. The molecule has 4 nitrogen and oxygen atoms in total. The second-order valence-electron chi connectivity index (χ2n) is 5.94. The highest BCUT2D eigenvalue weighted by molar-refractivity contribution is 8.00. The number of piperidine rings is 1. The smallest absolute Gasteiger partial charge is 0.354 e. The summed E-state index contributed by atoms with van der Waals surface area (Å²) in [4.78, 5) is 2.42. The SMILES string of the molecule is FC(F)(F)Sc1ccc(CNC2CCCN(c3cccnn3)C2)cc1. The molecule has 1 N–H and O–H groups in total. The van der Waals surface area contributed by atoms with Crippen molar-refractivity contribution in [2.45, 2.75) is 35.8 Å². The Balaban J connectivity index is 1.51. The maximum Gasteiger partial charge on any atom is 0.446 e. The van der Waals surface area contributed by atoms with Crippen LogP contribution in [0.25, 0.3) is 0 Å². The first kappa shape index (κ1) is 18.0. The molecule has 1 unspecified atom stereocenters. The first-order valence-electron chi connectivity index (χ1n) is 8.10. The maximum atomic E-state index is 12.3. The largest absolute Gasteiger partial charge is 0.446 e. The fourth-order valence-corrected chi connectivity index (χ4v) is 3.42. The van der Waals surface area contributed by atoms with Gasteiger partial charge in [-0.3, -0.25) is 0 Å². The minimum atomic E-state index is -4.24. The summed E-state index contributed by atoms with van der Waals surface area (Å²) in [5.41, 5.74) is -3.27. The van der Waals surface area contributed by atoms with Gasteiger partial charge >= 0.3 is 5.51 Å². The number of benzene rings is 1.